The van der Waals surface area contributed by atoms with E-state index in [9.17, 15) is 4.79 Å². The van der Waals surface area contributed by atoms with Crippen molar-refractivity contribution >= 4 is 23.2 Å². The Labute approximate surface area is 159 Å². The van der Waals surface area contributed by atoms with Crippen molar-refractivity contribution in [2.45, 2.75) is 6.54 Å². The van der Waals surface area contributed by atoms with Crippen molar-refractivity contribution in [3.63, 3.8) is 0 Å². The number of carbonyl (C=O) groups excluding carboxylic acids is 1. The second-order valence-electron chi connectivity index (χ2n) is 6.46. The van der Waals surface area contributed by atoms with Crippen LogP contribution >= 0.6 is 11.6 Å². The average Bonchev–Trinajstić information content (AvgIpc) is 2.65. The van der Waals surface area contributed by atoms with E-state index in [1.807, 2.05) is 24.3 Å². The molecule has 1 aliphatic heterocycles. The van der Waals surface area contributed by atoms with Gasteiger partial charge < -0.3 is 10.1 Å². The molecule has 0 bridgehead atoms. The number of halogens is 1. The number of methoxy groups -OCH3 is 1. The molecule has 0 spiro atoms. The van der Waals surface area contributed by atoms with Crippen LogP contribution in [0.3, 0.4) is 0 Å². The van der Waals surface area contributed by atoms with Gasteiger partial charge in [-0.2, -0.15) is 0 Å². The van der Waals surface area contributed by atoms with Crippen molar-refractivity contribution in [1.29, 1.82) is 0 Å². The summed E-state index contributed by atoms with van der Waals surface area (Å²) in [5.41, 5.74) is 2.02. The number of benzene rings is 2. The lowest BCUT2D eigenvalue weighted by atomic mass is 10.2. The number of carbonyl (C=O) groups is 1. The van der Waals surface area contributed by atoms with Crippen molar-refractivity contribution in [2.24, 2.45) is 0 Å². The first kappa shape index (κ1) is 18.7. The summed E-state index contributed by atoms with van der Waals surface area (Å²) < 4.78 is 5.28. The van der Waals surface area contributed by atoms with Gasteiger partial charge in [0.05, 0.1) is 13.7 Å². The maximum absolute atomic E-state index is 12.2. The molecule has 0 aliphatic carbocycles. The lowest BCUT2D eigenvalue weighted by Gasteiger charge is -2.34. The SMILES string of the molecule is COc1cccc(CN2CCN(CC(=O)Nc3ccc(Cl)cc3)CC2)c1. The number of rotatable bonds is 6. The maximum atomic E-state index is 12.2. The van der Waals surface area contributed by atoms with Crippen LogP contribution < -0.4 is 10.1 Å². The van der Waals surface area contributed by atoms with Gasteiger partial charge in [-0.15, -0.1) is 0 Å². The van der Waals surface area contributed by atoms with Gasteiger partial charge in [0.1, 0.15) is 5.75 Å². The van der Waals surface area contributed by atoms with Crippen molar-refractivity contribution in [2.75, 3.05) is 45.2 Å². The summed E-state index contributed by atoms with van der Waals surface area (Å²) in [5, 5.41) is 3.58. The summed E-state index contributed by atoms with van der Waals surface area (Å²) in [6.07, 6.45) is 0. The number of ether oxygens (including phenoxy) is 1. The molecule has 1 amide bonds. The lowest BCUT2D eigenvalue weighted by Crippen LogP contribution is -2.48. The first-order valence-corrected chi connectivity index (χ1v) is 9.13. The van der Waals surface area contributed by atoms with Gasteiger partial charge in [0.15, 0.2) is 0 Å². The number of hydrogen-bond donors (Lipinski definition) is 1. The minimum absolute atomic E-state index is 0.00793. The summed E-state index contributed by atoms with van der Waals surface area (Å²) in [5.74, 6) is 0.897. The first-order valence-electron chi connectivity index (χ1n) is 8.75. The molecule has 0 saturated carbocycles. The highest BCUT2D eigenvalue weighted by molar-refractivity contribution is 6.30. The van der Waals surface area contributed by atoms with Gasteiger partial charge in [0, 0.05) is 43.4 Å². The molecule has 6 heteroatoms. The zero-order chi connectivity index (χ0) is 18.4. The molecule has 3 rings (SSSR count). The Morgan fingerprint density at radius 3 is 2.46 bits per heavy atom. The zero-order valence-corrected chi connectivity index (χ0v) is 15.7. The number of piperazine rings is 1. The van der Waals surface area contributed by atoms with Crippen LogP contribution in [-0.4, -0.2) is 55.5 Å². The molecule has 26 heavy (non-hydrogen) atoms. The van der Waals surface area contributed by atoms with E-state index < -0.39 is 0 Å². The molecule has 0 unspecified atom stereocenters. The molecule has 0 aromatic heterocycles. The summed E-state index contributed by atoms with van der Waals surface area (Å²) in [7, 11) is 1.69. The Balaban J connectivity index is 1.43. The van der Waals surface area contributed by atoms with E-state index in [-0.39, 0.29) is 5.91 Å². The van der Waals surface area contributed by atoms with Crippen LogP contribution in [0.25, 0.3) is 0 Å². The molecule has 0 atom stereocenters. The summed E-state index contributed by atoms with van der Waals surface area (Å²) >= 11 is 5.86. The Kier molecular flexibility index (Phi) is 6.50. The molecule has 0 radical (unpaired) electrons. The van der Waals surface area contributed by atoms with E-state index in [1.165, 1.54) is 5.56 Å². The van der Waals surface area contributed by atoms with E-state index >= 15 is 0 Å². The average molecular weight is 374 g/mol. The topological polar surface area (TPSA) is 44.8 Å². The summed E-state index contributed by atoms with van der Waals surface area (Å²) in [6.45, 7) is 4.99. The largest absolute Gasteiger partial charge is 0.497 e. The minimum Gasteiger partial charge on any atom is -0.497 e. The normalized spacial score (nSPS) is 15.6. The Bertz CT molecular complexity index is 728. The van der Waals surface area contributed by atoms with Gasteiger partial charge in [-0.05, 0) is 42.0 Å². The van der Waals surface area contributed by atoms with Crippen LogP contribution in [0.2, 0.25) is 5.02 Å². The molecule has 1 heterocycles. The molecule has 2 aromatic rings. The third-order valence-electron chi connectivity index (χ3n) is 4.50. The molecule has 1 saturated heterocycles. The molecule has 1 aliphatic rings. The van der Waals surface area contributed by atoms with Gasteiger partial charge in [0.2, 0.25) is 5.91 Å². The van der Waals surface area contributed by atoms with E-state index in [0.29, 0.717) is 11.6 Å². The second-order valence-corrected chi connectivity index (χ2v) is 6.90. The van der Waals surface area contributed by atoms with E-state index in [2.05, 4.69) is 27.2 Å². The predicted octanol–water partition coefficient (Wildman–Crippen LogP) is 3.10. The highest BCUT2D eigenvalue weighted by Gasteiger charge is 2.19. The second kappa shape index (κ2) is 9.03. The number of amides is 1. The number of nitrogens with zero attached hydrogens (tertiary/aromatic N) is 2. The van der Waals surface area contributed by atoms with Crippen molar-refractivity contribution in [1.82, 2.24) is 9.80 Å². The van der Waals surface area contributed by atoms with Crippen LogP contribution in [0.5, 0.6) is 5.75 Å². The van der Waals surface area contributed by atoms with Crippen LogP contribution in [-0.2, 0) is 11.3 Å². The van der Waals surface area contributed by atoms with Gasteiger partial charge in [-0.3, -0.25) is 14.6 Å². The highest BCUT2D eigenvalue weighted by atomic mass is 35.5. The van der Waals surface area contributed by atoms with Crippen molar-refractivity contribution in [3.05, 3.63) is 59.1 Å². The molecular formula is C20H24ClN3O2. The van der Waals surface area contributed by atoms with E-state index in [0.717, 1.165) is 44.2 Å². The van der Waals surface area contributed by atoms with Gasteiger partial charge in [-0.1, -0.05) is 23.7 Å². The lowest BCUT2D eigenvalue weighted by molar-refractivity contribution is -0.117. The fourth-order valence-corrected chi connectivity index (χ4v) is 3.20. The molecular weight excluding hydrogens is 350 g/mol. The Morgan fingerprint density at radius 1 is 1.08 bits per heavy atom. The molecule has 1 fully saturated rings. The quantitative estimate of drug-likeness (QED) is 0.845. The molecule has 138 valence electrons. The standard InChI is InChI=1S/C20H24ClN3O2/c1-26-19-4-2-3-16(13-19)14-23-9-11-24(12-10-23)15-20(25)22-18-7-5-17(21)6-8-18/h2-8,13H,9-12,14-15H2,1H3,(H,22,25). The van der Waals surface area contributed by atoms with Crippen LogP contribution in [0.1, 0.15) is 5.56 Å². The smallest absolute Gasteiger partial charge is 0.238 e. The monoisotopic (exact) mass is 373 g/mol. The van der Waals surface area contributed by atoms with Gasteiger partial charge in [0.25, 0.3) is 0 Å². The van der Waals surface area contributed by atoms with Crippen LogP contribution in [0, 0.1) is 0 Å². The predicted molar refractivity (Wildman–Crippen MR) is 105 cm³/mol. The Morgan fingerprint density at radius 2 is 1.77 bits per heavy atom. The first-order chi connectivity index (χ1) is 12.6. The minimum atomic E-state index is 0.00793. The van der Waals surface area contributed by atoms with E-state index in [1.54, 1.807) is 19.2 Å². The van der Waals surface area contributed by atoms with Crippen LogP contribution in [0.15, 0.2) is 48.5 Å². The van der Waals surface area contributed by atoms with Gasteiger partial charge >= 0.3 is 0 Å². The number of nitrogens with one attached hydrogen (secondary N) is 1. The fourth-order valence-electron chi connectivity index (χ4n) is 3.07. The summed E-state index contributed by atoms with van der Waals surface area (Å²) in [4.78, 5) is 16.8. The highest BCUT2D eigenvalue weighted by Crippen LogP contribution is 2.16. The van der Waals surface area contributed by atoms with Crippen LogP contribution in [0.4, 0.5) is 5.69 Å². The Hall–Kier alpha value is -2.08. The number of anilines is 1. The maximum Gasteiger partial charge on any atom is 0.238 e. The molecule has 5 nitrogen and oxygen atoms in total. The van der Waals surface area contributed by atoms with Crippen molar-refractivity contribution < 1.29 is 9.53 Å². The summed E-state index contributed by atoms with van der Waals surface area (Å²) in [6, 6.07) is 15.3. The van der Waals surface area contributed by atoms with Gasteiger partial charge in [-0.25, -0.2) is 0 Å². The molecule has 2 aromatic carbocycles. The number of hydrogen-bond acceptors (Lipinski definition) is 4. The third kappa shape index (κ3) is 5.46. The van der Waals surface area contributed by atoms with Crippen molar-refractivity contribution in [3.8, 4) is 5.75 Å². The third-order valence-corrected chi connectivity index (χ3v) is 4.75. The zero-order valence-electron chi connectivity index (χ0n) is 15.0. The van der Waals surface area contributed by atoms with E-state index in [4.69, 9.17) is 16.3 Å². The molecule has 1 N–H and O–H groups in total. The fraction of sp³-hybridized carbons (Fsp3) is 0.350.